The van der Waals surface area contributed by atoms with Crippen LogP contribution >= 0.6 is 15.9 Å². The highest BCUT2D eigenvalue weighted by molar-refractivity contribution is 9.10. The Labute approximate surface area is 141 Å². The van der Waals surface area contributed by atoms with Crippen LogP contribution in [0.1, 0.15) is 24.4 Å². The molecule has 0 bridgehead atoms. The van der Waals surface area contributed by atoms with E-state index in [0.29, 0.717) is 21.8 Å². The number of hydrogen-bond acceptors (Lipinski definition) is 4. The van der Waals surface area contributed by atoms with Crippen molar-refractivity contribution in [2.24, 2.45) is 5.41 Å². The second kappa shape index (κ2) is 5.73. The summed E-state index contributed by atoms with van der Waals surface area (Å²) in [5.74, 6) is 0.242. The molecule has 7 heteroatoms. The standard InChI is InChI=1S/C16H15BrN2O4/c1-16(2)8-22-12-7-9(3-4-10(12)19-15(16)21)18-14(20)11-5-6-13(17)23-11/h3-7H,8H2,1-2H3,(H,18,20)(H,19,21). The van der Waals surface area contributed by atoms with Crippen molar-refractivity contribution < 1.29 is 18.7 Å². The van der Waals surface area contributed by atoms with Gasteiger partial charge in [0.25, 0.3) is 5.91 Å². The third-order valence-electron chi connectivity index (χ3n) is 3.49. The van der Waals surface area contributed by atoms with Gasteiger partial charge in [0.05, 0.1) is 11.1 Å². The van der Waals surface area contributed by atoms with Gasteiger partial charge in [-0.05, 0) is 54.0 Å². The van der Waals surface area contributed by atoms with Crippen LogP contribution in [0.2, 0.25) is 0 Å². The highest BCUT2D eigenvalue weighted by Gasteiger charge is 2.32. The number of benzene rings is 1. The Morgan fingerprint density at radius 1 is 1.30 bits per heavy atom. The quantitative estimate of drug-likeness (QED) is 0.835. The molecule has 2 aromatic rings. The predicted octanol–water partition coefficient (Wildman–Crippen LogP) is 3.65. The Morgan fingerprint density at radius 2 is 2.09 bits per heavy atom. The minimum absolute atomic E-state index is 0.103. The maximum Gasteiger partial charge on any atom is 0.291 e. The molecule has 0 saturated heterocycles. The zero-order chi connectivity index (χ0) is 16.6. The van der Waals surface area contributed by atoms with Crippen molar-refractivity contribution in [3.05, 3.63) is 40.8 Å². The third-order valence-corrected chi connectivity index (χ3v) is 3.91. The Morgan fingerprint density at radius 3 is 2.78 bits per heavy atom. The van der Waals surface area contributed by atoms with E-state index < -0.39 is 5.41 Å². The number of carbonyl (C=O) groups is 2. The third kappa shape index (κ3) is 3.24. The first-order valence-corrected chi connectivity index (χ1v) is 7.79. The van der Waals surface area contributed by atoms with Crippen molar-refractivity contribution in [1.82, 2.24) is 0 Å². The monoisotopic (exact) mass is 378 g/mol. The van der Waals surface area contributed by atoms with E-state index in [1.54, 1.807) is 30.3 Å². The van der Waals surface area contributed by atoms with Crippen molar-refractivity contribution in [2.45, 2.75) is 13.8 Å². The molecule has 2 amide bonds. The fourth-order valence-electron chi connectivity index (χ4n) is 2.07. The number of hydrogen-bond donors (Lipinski definition) is 2. The molecular formula is C16H15BrN2O4. The lowest BCUT2D eigenvalue weighted by Gasteiger charge is -2.18. The highest BCUT2D eigenvalue weighted by Crippen LogP contribution is 2.34. The zero-order valence-corrected chi connectivity index (χ0v) is 14.2. The molecule has 0 fully saturated rings. The number of fused-ring (bicyclic) bond motifs is 1. The van der Waals surface area contributed by atoms with Gasteiger partial charge >= 0.3 is 0 Å². The summed E-state index contributed by atoms with van der Waals surface area (Å²) < 4.78 is 11.4. The topological polar surface area (TPSA) is 80.6 Å². The fourth-order valence-corrected chi connectivity index (χ4v) is 2.37. The average molecular weight is 379 g/mol. The molecule has 0 aliphatic carbocycles. The zero-order valence-electron chi connectivity index (χ0n) is 12.6. The lowest BCUT2D eigenvalue weighted by molar-refractivity contribution is -0.124. The number of furan rings is 1. The molecule has 0 atom stereocenters. The van der Waals surface area contributed by atoms with E-state index in [1.807, 2.05) is 13.8 Å². The number of halogens is 1. The first kappa shape index (κ1) is 15.6. The minimum atomic E-state index is -0.622. The second-order valence-electron chi connectivity index (χ2n) is 5.90. The molecule has 0 radical (unpaired) electrons. The Balaban J connectivity index is 1.81. The molecule has 1 aliphatic heterocycles. The molecule has 1 aliphatic rings. The van der Waals surface area contributed by atoms with E-state index in [0.717, 1.165) is 0 Å². The van der Waals surface area contributed by atoms with Gasteiger partial charge in [-0.25, -0.2) is 0 Å². The van der Waals surface area contributed by atoms with Crippen LogP contribution in [-0.2, 0) is 4.79 Å². The van der Waals surface area contributed by atoms with Gasteiger partial charge in [-0.3, -0.25) is 9.59 Å². The first-order valence-electron chi connectivity index (χ1n) is 7.00. The molecule has 23 heavy (non-hydrogen) atoms. The maximum atomic E-state index is 12.1. The number of carbonyl (C=O) groups excluding carboxylic acids is 2. The number of anilines is 2. The lowest BCUT2D eigenvalue weighted by atomic mass is 9.94. The van der Waals surface area contributed by atoms with Gasteiger partial charge in [-0.1, -0.05) is 0 Å². The van der Waals surface area contributed by atoms with Gasteiger partial charge < -0.3 is 19.8 Å². The summed E-state index contributed by atoms with van der Waals surface area (Å²) in [6.07, 6.45) is 0. The molecule has 1 aromatic heterocycles. The van der Waals surface area contributed by atoms with Crippen LogP contribution in [0, 0.1) is 5.41 Å². The van der Waals surface area contributed by atoms with Crippen LogP contribution in [0.25, 0.3) is 0 Å². The number of rotatable bonds is 2. The fraction of sp³-hybridized carbons (Fsp3) is 0.250. The molecule has 2 N–H and O–H groups in total. The predicted molar refractivity (Wildman–Crippen MR) is 88.7 cm³/mol. The van der Waals surface area contributed by atoms with E-state index in [4.69, 9.17) is 9.15 Å². The van der Waals surface area contributed by atoms with Gasteiger partial charge in [-0.15, -0.1) is 0 Å². The van der Waals surface area contributed by atoms with Gasteiger partial charge in [0.2, 0.25) is 5.91 Å². The lowest BCUT2D eigenvalue weighted by Crippen LogP contribution is -2.33. The molecule has 1 aromatic carbocycles. The Bertz CT molecular complexity index is 782. The summed E-state index contributed by atoms with van der Waals surface area (Å²) in [5, 5.41) is 5.55. The van der Waals surface area contributed by atoms with Gasteiger partial charge in [0.1, 0.15) is 12.4 Å². The molecule has 0 saturated carbocycles. The summed E-state index contributed by atoms with van der Waals surface area (Å²) in [5.41, 5.74) is 0.512. The summed E-state index contributed by atoms with van der Waals surface area (Å²) in [6.45, 7) is 3.88. The number of ether oxygens (including phenoxy) is 1. The van der Waals surface area contributed by atoms with Gasteiger partial charge in [0, 0.05) is 11.8 Å². The number of amides is 2. The molecular weight excluding hydrogens is 364 g/mol. The van der Waals surface area contributed by atoms with Crippen LogP contribution in [0.3, 0.4) is 0 Å². The maximum absolute atomic E-state index is 12.1. The van der Waals surface area contributed by atoms with Crippen LogP contribution in [0.15, 0.2) is 39.4 Å². The average Bonchev–Trinajstić information content (AvgIpc) is 2.89. The van der Waals surface area contributed by atoms with Crippen LogP contribution in [0.4, 0.5) is 11.4 Å². The van der Waals surface area contributed by atoms with E-state index in [1.165, 1.54) is 0 Å². The number of nitrogens with one attached hydrogen (secondary N) is 2. The molecule has 0 spiro atoms. The van der Waals surface area contributed by atoms with Crippen molar-refractivity contribution in [3.8, 4) is 5.75 Å². The molecule has 120 valence electrons. The Hall–Kier alpha value is -2.28. The van der Waals surface area contributed by atoms with Crippen LogP contribution in [-0.4, -0.2) is 18.4 Å². The minimum Gasteiger partial charge on any atom is -0.490 e. The van der Waals surface area contributed by atoms with Crippen LogP contribution in [0.5, 0.6) is 5.75 Å². The van der Waals surface area contributed by atoms with Crippen molar-refractivity contribution >= 4 is 39.1 Å². The molecule has 0 unspecified atom stereocenters. The van der Waals surface area contributed by atoms with Crippen LogP contribution < -0.4 is 15.4 Å². The van der Waals surface area contributed by atoms with E-state index in [2.05, 4.69) is 26.6 Å². The Kier molecular flexibility index (Phi) is 3.89. The van der Waals surface area contributed by atoms with E-state index in [-0.39, 0.29) is 24.2 Å². The summed E-state index contributed by atoms with van der Waals surface area (Å²) in [7, 11) is 0. The van der Waals surface area contributed by atoms with Gasteiger partial charge in [-0.2, -0.15) is 0 Å². The van der Waals surface area contributed by atoms with E-state index in [9.17, 15) is 9.59 Å². The highest BCUT2D eigenvalue weighted by atomic mass is 79.9. The largest absolute Gasteiger partial charge is 0.490 e. The summed E-state index contributed by atoms with van der Waals surface area (Å²) in [6, 6.07) is 8.28. The SMILES string of the molecule is CC1(C)COc2cc(NC(=O)c3ccc(Br)o3)ccc2NC1=O. The van der Waals surface area contributed by atoms with Crippen molar-refractivity contribution in [1.29, 1.82) is 0 Å². The van der Waals surface area contributed by atoms with Crippen molar-refractivity contribution in [3.63, 3.8) is 0 Å². The van der Waals surface area contributed by atoms with E-state index >= 15 is 0 Å². The smallest absolute Gasteiger partial charge is 0.291 e. The summed E-state index contributed by atoms with van der Waals surface area (Å²) >= 11 is 3.15. The first-order chi connectivity index (χ1) is 10.8. The summed E-state index contributed by atoms with van der Waals surface area (Å²) in [4.78, 5) is 24.2. The normalized spacial score (nSPS) is 15.9. The second-order valence-corrected chi connectivity index (χ2v) is 6.68. The molecule has 6 nitrogen and oxygen atoms in total. The van der Waals surface area contributed by atoms with Gasteiger partial charge in [0.15, 0.2) is 10.4 Å². The molecule has 2 heterocycles. The van der Waals surface area contributed by atoms with Crippen molar-refractivity contribution in [2.75, 3.05) is 17.2 Å². The molecule has 3 rings (SSSR count).